The summed E-state index contributed by atoms with van der Waals surface area (Å²) in [5.74, 6) is -0.820. The number of rotatable bonds is 2. The lowest BCUT2D eigenvalue weighted by Gasteiger charge is -2.16. The Balaban J connectivity index is 2.13. The number of pyridine rings is 1. The second kappa shape index (κ2) is 5.75. The third kappa shape index (κ3) is 2.98. The van der Waals surface area contributed by atoms with E-state index in [2.05, 4.69) is 9.72 Å². The van der Waals surface area contributed by atoms with Gasteiger partial charge < -0.3 is 9.64 Å². The first kappa shape index (κ1) is 14.1. The molecule has 0 radical (unpaired) electrons. The number of hydrogen-bond donors (Lipinski definition) is 0. The van der Waals surface area contributed by atoms with Crippen molar-refractivity contribution in [1.82, 2.24) is 9.88 Å². The monoisotopic (exact) mass is 302 g/mol. The van der Waals surface area contributed by atoms with Crippen LogP contribution < -0.4 is 0 Å². The van der Waals surface area contributed by atoms with E-state index in [1.807, 2.05) is 0 Å². The van der Waals surface area contributed by atoms with Gasteiger partial charge in [-0.25, -0.2) is 4.98 Å². The van der Waals surface area contributed by atoms with Crippen molar-refractivity contribution in [1.29, 1.82) is 0 Å². The van der Waals surface area contributed by atoms with Crippen LogP contribution in [0.5, 0.6) is 0 Å². The molecule has 102 valence electrons. The first-order valence-corrected chi connectivity index (χ1v) is 6.46. The van der Waals surface area contributed by atoms with Crippen LogP contribution in [0, 0.1) is 5.92 Å². The Hall–Kier alpha value is -1.33. The molecule has 0 aliphatic carbocycles. The normalized spacial score (nSPS) is 18.5. The molecule has 1 amide bonds. The minimum Gasteiger partial charge on any atom is -0.469 e. The van der Waals surface area contributed by atoms with Crippen LogP contribution in [0.25, 0.3) is 0 Å². The van der Waals surface area contributed by atoms with Crippen LogP contribution in [0.1, 0.15) is 16.8 Å². The Labute approximate surface area is 120 Å². The summed E-state index contributed by atoms with van der Waals surface area (Å²) >= 11 is 11.7. The van der Waals surface area contributed by atoms with Gasteiger partial charge in [-0.3, -0.25) is 9.59 Å². The van der Waals surface area contributed by atoms with Gasteiger partial charge in [-0.2, -0.15) is 0 Å². The quantitative estimate of drug-likeness (QED) is 0.619. The average molecular weight is 303 g/mol. The summed E-state index contributed by atoms with van der Waals surface area (Å²) in [7, 11) is 1.34. The Kier molecular flexibility index (Phi) is 4.27. The van der Waals surface area contributed by atoms with E-state index in [0.717, 1.165) is 0 Å². The number of aromatic nitrogens is 1. The lowest BCUT2D eigenvalue weighted by molar-refractivity contribution is -0.144. The molecule has 2 rings (SSSR count). The first-order chi connectivity index (χ1) is 9.02. The predicted octanol–water partition coefficient (Wildman–Crippen LogP) is 2.02. The van der Waals surface area contributed by atoms with Gasteiger partial charge in [0.25, 0.3) is 5.91 Å². The molecular formula is C12H12Cl2N2O3. The largest absolute Gasteiger partial charge is 0.469 e. The van der Waals surface area contributed by atoms with Crippen LogP contribution in [0.4, 0.5) is 0 Å². The molecule has 1 fully saturated rings. The third-order valence-corrected chi connectivity index (χ3v) is 3.57. The summed E-state index contributed by atoms with van der Waals surface area (Å²) in [5.41, 5.74) is 0.298. The Morgan fingerprint density at radius 2 is 2.21 bits per heavy atom. The molecule has 19 heavy (non-hydrogen) atoms. The van der Waals surface area contributed by atoms with E-state index >= 15 is 0 Å². The van der Waals surface area contributed by atoms with E-state index in [1.54, 1.807) is 4.90 Å². The molecular weight excluding hydrogens is 291 g/mol. The van der Waals surface area contributed by atoms with Crippen molar-refractivity contribution in [3.05, 3.63) is 28.0 Å². The van der Waals surface area contributed by atoms with Gasteiger partial charge in [0.2, 0.25) is 0 Å². The number of halogens is 2. The molecule has 1 aliphatic heterocycles. The second-order valence-corrected chi connectivity index (χ2v) is 5.04. The van der Waals surface area contributed by atoms with Crippen molar-refractivity contribution in [3.63, 3.8) is 0 Å². The molecule has 2 heterocycles. The van der Waals surface area contributed by atoms with Crippen LogP contribution in [0.2, 0.25) is 10.2 Å². The van der Waals surface area contributed by atoms with Gasteiger partial charge in [-0.05, 0) is 12.5 Å². The zero-order valence-electron chi connectivity index (χ0n) is 10.2. The molecule has 1 aromatic rings. The highest BCUT2D eigenvalue weighted by Gasteiger charge is 2.32. The van der Waals surface area contributed by atoms with E-state index in [4.69, 9.17) is 23.2 Å². The van der Waals surface area contributed by atoms with Crippen LogP contribution in [-0.2, 0) is 9.53 Å². The number of likely N-dealkylation sites (tertiary alicyclic amines) is 1. The second-order valence-electron chi connectivity index (χ2n) is 4.25. The topological polar surface area (TPSA) is 59.5 Å². The van der Waals surface area contributed by atoms with Gasteiger partial charge in [-0.15, -0.1) is 0 Å². The summed E-state index contributed by atoms with van der Waals surface area (Å²) in [6, 6.07) is 1.43. The number of hydrogen-bond acceptors (Lipinski definition) is 4. The summed E-state index contributed by atoms with van der Waals surface area (Å²) in [5, 5.41) is 0.451. The number of ether oxygens (including phenoxy) is 1. The number of carbonyl (C=O) groups is 2. The minimum atomic E-state index is -0.297. The van der Waals surface area contributed by atoms with Gasteiger partial charge in [0.05, 0.1) is 23.6 Å². The SMILES string of the molecule is COC(=O)C1CCN(C(=O)c2cc(Cl)ncc2Cl)C1. The predicted molar refractivity (Wildman–Crippen MR) is 70.3 cm³/mol. The summed E-state index contributed by atoms with van der Waals surface area (Å²) in [4.78, 5) is 29.1. The molecule has 0 saturated carbocycles. The first-order valence-electron chi connectivity index (χ1n) is 5.71. The maximum Gasteiger partial charge on any atom is 0.310 e. The highest BCUT2D eigenvalue weighted by Crippen LogP contribution is 2.24. The van der Waals surface area contributed by atoms with Crippen LogP contribution in [0.15, 0.2) is 12.3 Å². The fourth-order valence-electron chi connectivity index (χ4n) is 2.05. The van der Waals surface area contributed by atoms with Gasteiger partial charge in [0.1, 0.15) is 5.15 Å². The molecule has 0 N–H and O–H groups in total. The highest BCUT2D eigenvalue weighted by molar-refractivity contribution is 6.35. The van der Waals surface area contributed by atoms with Crippen molar-refractivity contribution >= 4 is 35.1 Å². The van der Waals surface area contributed by atoms with Crippen molar-refractivity contribution in [2.24, 2.45) is 5.92 Å². The lowest BCUT2D eigenvalue weighted by atomic mass is 10.1. The van der Waals surface area contributed by atoms with Crippen LogP contribution in [0.3, 0.4) is 0 Å². The van der Waals surface area contributed by atoms with E-state index < -0.39 is 0 Å². The molecule has 7 heteroatoms. The van der Waals surface area contributed by atoms with Gasteiger partial charge >= 0.3 is 5.97 Å². The molecule has 0 bridgehead atoms. The van der Waals surface area contributed by atoms with Crippen molar-refractivity contribution < 1.29 is 14.3 Å². The van der Waals surface area contributed by atoms with Crippen molar-refractivity contribution in [3.8, 4) is 0 Å². The number of amides is 1. The Morgan fingerprint density at radius 3 is 2.89 bits per heavy atom. The number of nitrogens with zero attached hydrogens (tertiary/aromatic N) is 2. The lowest BCUT2D eigenvalue weighted by Crippen LogP contribution is -2.30. The van der Waals surface area contributed by atoms with Crippen molar-refractivity contribution in [2.45, 2.75) is 6.42 Å². The Bertz CT molecular complexity index is 522. The number of carbonyl (C=O) groups excluding carboxylic acids is 2. The molecule has 1 atom stereocenters. The zero-order chi connectivity index (χ0) is 14.0. The number of methoxy groups -OCH3 is 1. The summed E-state index contributed by atoms with van der Waals surface area (Å²) in [6.07, 6.45) is 1.93. The summed E-state index contributed by atoms with van der Waals surface area (Å²) in [6.45, 7) is 0.830. The van der Waals surface area contributed by atoms with E-state index in [9.17, 15) is 9.59 Å². The molecule has 5 nitrogen and oxygen atoms in total. The Morgan fingerprint density at radius 1 is 1.47 bits per heavy atom. The van der Waals surface area contributed by atoms with Gasteiger partial charge in [0.15, 0.2) is 0 Å². The van der Waals surface area contributed by atoms with Crippen LogP contribution >= 0.6 is 23.2 Å². The smallest absolute Gasteiger partial charge is 0.310 e. The maximum atomic E-state index is 12.3. The van der Waals surface area contributed by atoms with E-state index in [-0.39, 0.29) is 28.0 Å². The molecule has 1 aromatic heterocycles. The molecule has 0 aromatic carbocycles. The van der Waals surface area contributed by atoms with Crippen LogP contribution in [-0.4, -0.2) is 42.0 Å². The fourth-order valence-corrected chi connectivity index (χ4v) is 2.39. The molecule has 0 spiro atoms. The molecule has 1 saturated heterocycles. The zero-order valence-corrected chi connectivity index (χ0v) is 11.7. The highest BCUT2D eigenvalue weighted by atomic mass is 35.5. The standard InChI is InChI=1S/C12H12Cl2N2O3/c1-19-12(18)7-2-3-16(6-7)11(17)8-4-10(14)15-5-9(8)13/h4-5,7H,2-3,6H2,1H3. The van der Waals surface area contributed by atoms with Gasteiger partial charge in [-0.1, -0.05) is 23.2 Å². The summed E-state index contributed by atoms with van der Waals surface area (Å²) < 4.78 is 4.68. The average Bonchev–Trinajstić information content (AvgIpc) is 2.89. The fraction of sp³-hybridized carbons (Fsp3) is 0.417. The van der Waals surface area contributed by atoms with E-state index in [0.29, 0.717) is 25.1 Å². The number of esters is 1. The van der Waals surface area contributed by atoms with Gasteiger partial charge in [0, 0.05) is 19.3 Å². The minimum absolute atomic E-state index is 0.205. The van der Waals surface area contributed by atoms with E-state index in [1.165, 1.54) is 19.4 Å². The molecule has 1 aliphatic rings. The van der Waals surface area contributed by atoms with Crippen molar-refractivity contribution in [2.75, 3.05) is 20.2 Å². The third-order valence-electron chi connectivity index (χ3n) is 3.06. The molecule has 1 unspecified atom stereocenters. The maximum absolute atomic E-state index is 12.3.